The molecule has 1 fully saturated rings. The van der Waals surface area contributed by atoms with E-state index in [1.807, 2.05) is 14.1 Å². The fourth-order valence-corrected chi connectivity index (χ4v) is 4.64. The van der Waals surface area contributed by atoms with Crippen molar-refractivity contribution in [1.29, 1.82) is 0 Å². The fraction of sp³-hybridized carbons (Fsp3) is 0.478. The molecule has 4 rings (SSSR count). The monoisotopic (exact) mass is 488 g/mol. The minimum Gasteiger partial charge on any atom is -0.485 e. The molecule has 3 N–H and O–H groups in total. The van der Waals surface area contributed by atoms with Gasteiger partial charge in [-0.3, -0.25) is 4.79 Å². The average Bonchev–Trinajstić information content (AvgIpc) is 3.25. The summed E-state index contributed by atoms with van der Waals surface area (Å²) in [5, 5.41) is 16.6. The van der Waals surface area contributed by atoms with E-state index in [0.717, 1.165) is 25.8 Å². The summed E-state index contributed by atoms with van der Waals surface area (Å²) >= 11 is 1.18. The molecule has 34 heavy (non-hydrogen) atoms. The van der Waals surface area contributed by atoms with Crippen LogP contribution in [0, 0.1) is 5.82 Å². The standard InChI is InChI=1S/C23H29FN6O3S/c1-30(2)11-5-10-25-21(32)23-29-19-20(26-13-27-22(19)34-23)28-15-9-8-14(24)12-18(15)33-17-7-4-3-6-16(17)31/h8-9,12-13,16-17,31H,3-7,10-11H2,1-2H3,(H,25,32)(H,26,27,28)/t16?,17-/m1/s1. The lowest BCUT2D eigenvalue weighted by atomic mass is 9.95. The zero-order valence-corrected chi connectivity index (χ0v) is 20.1. The first-order valence-electron chi connectivity index (χ1n) is 11.4. The summed E-state index contributed by atoms with van der Waals surface area (Å²) < 4.78 is 20.0. The molecule has 0 radical (unpaired) electrons. The van der Waals surface area contributed by atoms with Crippen LogP contribution < -0.4 is 15.4 Å². The summed E-state index contributed by atoms with van der Waals surface area (Å²) in [6, 6.07) is 4.16. The Kier molecular flexibility index (Phi) is 7.86. The number of hydrogen-bond acceptors (Lipinski definition) is 9. The molecule has 2 aromatic heterocycles. The maximum Gasteiger partial charge on any atom is 0.280 e. The number of fused-ring (bicyclic) bond motifs is 1. The predicted molar refractivity (Wildman–Crippen MR) is 129 cm³/mol. The molecular weight excluding hydrogens is 459 g/mol. The normalized spacial score (nSPS) is 18.3. The van der Waals surface area contributed by atoms with Crippen LogP contribution in [-0.4, -0.2) is 70.3 Å². The lowest BCUT2D eigenvalue weighted by Crippen LogP contribution is -2.34. The van der Waals surface area contributed by atoms with Gasteiger partial charge in [0.15, 0.2) is 10.8 Å². The van der Waals surface area contributed by atoms with Gasteiger partial charge in [0.25, 0.3) is 5.91 Å². The third kappa shape index (κ3) is 5.96. The molecule has 1 aromatic carbocycles. The Hall–Kier alpha value is -2.89. The fourth-order valence-electron chi connectivity index (χ4n) is 3.82. The quantitative estimate of drug-likeness (QED) is 0.393. The van der Waals surface area contributed by atoms with Gasteiger partial charge in [-0.05, 0) is 58.5 Å². The van der Waals surface area contributed by atoms with Crippen molar-refractivity contribution in [2.24, 2.45) is 0 Å². The Balaban J connectivity index is 1.53. The summed E-state index contributed by atoms with van der Waals surface area (Å²) in [7, 11) is 3.97. The number of halogens is 1. The van der Waals surface area contributed by atoms with Crippen molar-refractivity contribution in [3.63, 3.8) is 0 Å². The van der Waals surface area contributed by atoms with Crippen LogP contribution in [0.15, 0.2) is 24.5 Å². The van der Waals surface area contributed by atoms with E-state index in [4.69, 9.17) is 4.74 Å². The van der Waals surface area contributed by atoms with E-state index in [0.29, 0.717) is 46.2 Å². The van der Waals surface area contributed by atoms with E-state index in [2.05, 4.69) is 30.5 Å². The van der Waals surface area contributed by atoms with Crippen molar-refractivity contribution in [1.82, 2.24) is 25.2 Å². The van der Waals surface area contributed by atoms with Crippen molar-refractivity contribution in [3.05, 3.63) is 35.4 Å². The summed E-state index contributed by atoms with van der Waals surface area (Å²) in [4.78, 5) is 28.1. The Morgan fingerprint density at radius 1 is 1.29 bits per heavy atom. The van der Waals surface area contributed by atoms with E-state index in [9.17, 15) is 14.3 Å². The van der Waals surface area contributed by atoms with E-state index in [1.165, 1.54) is 29.8 Å². The zero-order valence-electron chi connectivity index (χ0n) is 19.3. The van der Waals surface area contributed by atoms with E-state index in [-0.39, 0.29) is 11.7 Å². The van der Waals surface area contributed by atoms with E-state index < -0.39 is 18.0 Å². The van der Waals surface area contributed by atoms with Gasteiger partial charge in [-0.25, -0.2) is 19.3 Å². The van der Waals surface area contributed by atoms with Gasteiger partial charge in [0.1, 0.15) is 34.3 Å². The third-order valence-corrected chi connectivity index (χ3v) is 6.56. The highest BCUT2D eigenvalue weighted by atomic mass is 32.1. The van der Waals surface area contributed by atoms with Gasteiger partial charge in [-0.1, -0.05) is 17.8 Å². The van der Waals surface area contributed by atoms with E-state index in [1.54, 1.807) is 6.07 Å². The number of benzene rings is 1. The number of thiazole rings is 1. The zero-order chi connectivity index (χ0) is 24.1. The number of carbonyl (C=O) groups is 1. The minimum atomic E-state index is -0.590. The second-order valence-corrected chi connectivity index (χ2v) is 9.56. The van der Waals surface area contributed by atoms with Crippen molar-refractivity contribution in [2.45, 2.75) is 44.3 Å². The van der Waals surface area contributed by atoms with E-state index >= 15 is 0 Å². The third-order valence-electron chi connectivity index (χ3n) is 5.60. The second kappa shape index (κ2) is 11.0. The molecule has 2 atom stereocenters. The Morgan fingerprint density at radius 2 is 2.12 bits per heavy atom. The lowest BCUT2D eigenvalue weighted by molar-refractivity contribution is 0.00712. The average molecular weight is 489 g/mol. The molecule has 1 saturated carbocycles. The summed E-state index contributed by atoms with van der Waals surface area (Å²) in [5.74, 6) is -0.0364. The highest BCUT2D eigenvalue weighted by molar-refractivity contribution is 7.19. The van der Waals surface area contributed by atoms with Crippen molar-refractivity contribution in [3.8, 4) is 5.75 Å². The molecular formula is C23H29FN6O3S. The number of nitrogens with zero attached hydrogens (tertiary/aromatic N) is 4. The molecule has 9 nitrogen and oxygen atoms in total. The lowest BCUT2D eigenvalue weighted by Gasteiger charge is -2.29. The number of hydrogen-bond donors (Lipinski definition) is 3. The summed E-state index contributed by atoms with van der Waals surface area (Å²) in [6.07, 6.45) is 4.49. The molecule has 0 spiro atoms. The number of anilines is 2. The van der Waals surface area contributed by atoms with Gasteiger partial charge in [0.05, 0.1) is 11.8 Å². The SMILES string of the molecule is CN(C)CCCNC(=O)c1nc2c(Nc3ccc(F)cc3O[C@@H]3CCCCC3O)ncnc2s1. The van der Waals surface area contributed by atoms with Crippen LogP contribution >= 0.6 is 11.3 Å². The highest BCUT2D eigenvalue weighted by Gasteiger charge is 2.26. The Labute approximate surface area is 201 Å². The highest BCUT2D eigenvalue weighted by Crippen LogP contribution is 2.34. The first-order chi connectivity index (χ1) is 16.4. The minimum absolute atomic E-state index is 0.259. The molecule has 1 amide bonds. The summed E-state index contributed by atoms with van der Waals surface area (Å²) in [5.41, 5.74) is 0.931. The maximum atomic E-state index is 14.0. The largest absolute Gasteiger partial charge is 0.485 e. The Bertz CT molecular complexity index is 1140. The molecule has 0 aliphatic heterocycles. The van der Waals surface area contributed by atoms with Gasteiger partial charge in [-0.2, -0.15) is 0 Å². The number of carbonyl (C=O) groups excluding carboxylic acids is 1. The maximum absolute atomic E-state index is 14.0. The molecule has 1 aliphatic carbocycles. The molecule has 11 heteroatoms. The molecule has 0 bridgehead atoms. The first-order valence-corrected chi connectivity index (χ1v) is 12.2. The molecule has 182 valence electrons. The molecule has 2 heterocycles. The predicted octanol–water partition coefficient (Wildman–Crippen LogP) is 3.33. The van der Waals surface area contributed by atoms with Crippen LogP contribution in [0.25, 0.3) is 10.3 Å². The number of amides is 1. The van der Waals surface area contributed by atoms with Crippen LogP contribution in [0.2, 0.25) is 0 Å². The van der Waals surface area contributed by atoms with Gasteiger partial charge in [-0.15, -0.1) is 0 Å². The number of rotatable bonds is 9. The number of ether oxygens (including phenoxy) is 1. The smallest absolute Gasteiger partial charge is 0.280 e. The van der Waals surface area contributed by atoms with Crippen molar-refractivity contribution in [2.75, 3.05) is 32.5 Å². The molecule has 3 aromatic rings. The molecule has 0 saturated heterocycles. The first kappa shape index (κ1) is 24.2. The second-order valence-electron chi connectivity index (χ2n) is 8.58. The number of aliphatic hydroxyl groups is 1. The van der Waals surface area contributed by atoms with Gasteiger partial charge >= 0.3 is 0 Å². The Morgan fingerprint density at radius 3 is 2.91 bits per heavy atom. The van der Waals surface area contributed by atoms with Crippen molar-refractivity contribution >= 4 is 39.1 Å². The van der Waals surface area contributed by atoms with Gasteiger partial charge in [0, 0.05) is 12.6 Å². The molecule has 1 unspecified atom stereocenters. The number of aromatic nitrogens is 3. The van der Waals surface area contributed by atoms with Gasteiger partial charge < -0.3 is 25.4 Å². The van der Waals surface area contributed by atoms with Crippen LogP contribution in [0.4, 0.5) is 15.9 Å². The van der Waals surface area contributed by atoms with Crippen LogP contribution in [-0.2, 0) is 0 Å². The van der Waals surface area contributed by atoms with Gasteiger partial charge in [0.2, 0.25) is 0 Å². The van der Waals surface area contributed by atoms with Crippen LogP contribution in [0.3, 0.4) is 0 Å². The number of aliphatic hydroxyl groups excluding tert-OH is 1. The van der Waals surface area contributed by atoms with Crippen LogP contribution in [0.5, 0.6) is 5.75 Å². The number of nitrogens with one attached hydrogen (secondary N) is 2. The summed E-state index contributed by atoms with van der Waals surface area (Å²) in [6.45, 7) is 1.42. The molecule has 1 aliphatic rings. The topological polar surface area (TPSA) is 113 Å². The van der Waals surface area contributed by atoms with Crippen LogP contribution in [0.1, 0.15) is 41.9 Å². The van der Waals surface area contributed by atoms with Crippen molar-refractivity contribution < 1.29 is 19.0 Å².